The summed E-state index contributed by atoms with van der Waals surface area (Å²) in [5.41, 5.74) is 8.11. The number of ether oxygens (including phenoxy) is 1. The summed E-state index contributed by atoms with van der Waals surface area (Å²) in [4.78, 5) is 0. The van der Waals surface area contributed by atoms with Crippen LogP contribution in [0.3, 0.4) is 0 Å². The molecular weight excluding hydrogens is 210 g/mol. The lowest BCUT2D eigenvalue weighted by Gasteiger charge is -2.12. The van der Waals surface area contributed by atoms with Crippen molar-refractivity contribution in [3.8, 4) is 11.5 Å². The highest BCUT2D eigenvalue weighted by Gasteiger charge is 2.17. The molecule has 0 fully saturated rings. The van der Waals surface area contributed by atoms with Crippen LogP contribution in [0.25, 0.3) is 0 Å². The maximum atomic E-state index is 5.79. The van der Waals surface area contributed by atoms with Gasteiger partial charge in [0, 0.05) is 11.6 Å². The predicted octanol–water partition coefficient (Wildman–Crippen LogP) is 2.13. The highest BCUT2D eigenvalue weighted by atomic mass is 32.2. The molecule has 0 aromatic heterocycles. The van der Waals surface area contributed by atoms with Crippen molar-refractivity contribution in [3.63, 3.8) is 0 Å². The molecule has 2 N–H and O–H groups in total. The molecule has 1 aromatic rings. The molecule has 4 heteroatoms. The van der Waals surface area contributed by atoms with Gasteiger partial charge in [-0.25, -0.2) is 0 Å². The second kappa shape index (κ2) is 4.33. The molecule has 0 spiro atoms. The van der Waals surface area contributed by atoms with Crippen molar-refractivity contribution < 1.29 is 8.92 Å². The van der Waals surface area contributed by atoms with Crippen LogP contribution in [-0.4, -0.2) is 13.2 Å². The third kappa shape index (κ3) is 2.21. The monoisotopic (exact) mass is 225 g/mol. The fraction of sp³-hybridized carbons (Fsp3) is 0.455. The molecule has 0 saturated carbocycles. The molecule has 3 nitrogen and oxygen atoms in total. The summed E-state index contributed by atoms with van der Waals surface area (Å²) in [6.45, 7) is 1.99. The van der Waals surface area contributed by atoms with Crippen LogP contribution in [0.2, 0.25) is 0 Å². The van der Waals surface area contributed by atoms with Crippen LogP contribution in [0, 0.1) is 0 Å². The van der Waals surface area contributed by atoms with Crippen LogP contribution in [0.15, 0.2) is 12.1 Å². The highest BCUT2D eigenvalue weighted by Crippen LogP contribution is 2.38. The normalized spacial score (nSPS) is 15.7. The maximum absolute atomic E-state index is 5.79. The zero-order chi connectivity index (χ0) is 10.8. The number of benzene rings is 1. The van der Waals surface area contributed by atoms with Gasteiger partial charge in [-0.3, -0.25) is 0 Å². The van der Waals surface area contributed by atoms with Gasteiger partial charge < -0.3 is 14.7 Å². The van der Waals surface area contributed by atoms with E-state index in [0.717, 1.165) is 29.2 Å². The summed E-state index contributed by atoms with van der Waals surface area (Å²) in [6.07, 6.45) is 0.810. The Morgan fingerprint density at radius 3 is 3.07 bits per heavy atom. The number of nitrogens with two attached hydrogens (primary N) is 1. The second-order valence-electron chi connectivity index (χ2n) is 3.80. The van der Waals surface area contributed by atoms with Crippen molar-refractivity contribution in [3.05, 3.63) is 23.3 Å². The first kappa shape index (κ1) is 10.6. The lowest BCUT2D eigenvalue weighted by molar-refractivity contribution is 0.407. The largest absolute Gasteiger partial charge is 0.496 e. The lowest BCUT2D eigenvalue weighted by Crippen LogP contribution is -2.18. The molecule has 1 aromatic carbocycles. The van der Waals surface area contributed by atoms with Gasteiger partial charge in [-0.05, 0) is 31.0 Å². The summed E-state index contributed by atoms with van der Waals surface area (Å²) in [5.74, 6) is 2.76. The van der Waals surface area contributed by atoms with Crippen LogP contribution < -0.4 is 14.7 Å². The van der Waals surface area contributed by atoms with Gasteiger partial charge >= 0.3 is 0 Å². The van der Waals surface area contributed by atoms with Gasteiger partial charge in [0.1, 0.15) is 11.5 Å². The van der Waals surface area contributed by atoms with E-state index in [1.165, 1.54) is 17.6 Å². The SMILES string of the molecule is COc1cc2c(cc1CC(C)N)OSC2. The van der Waals surface area contributed by atoms with Crippen LogP contribution in [-0.2, 0) is 12.2 Å². The molecule has 82 valence electrons. The Bertz CT molecular complexity index is 366. The van der Waals surface area contributed by atoms with Gasteiger partial charge in [-0.15, -0.1) is 0 Å². The van der Waals surface area contributed by atoms with Gasteiger partial charge in [0.05, 0.1) is 24.9 Å². The number of hydrogen-bond donors (Lipinski definition) is 1. The van der Waals surface area contributed by atoms with Crippen LogP contribution in [0.4, 0.5) is 0 Å². The minimum atomic E-state index is 0.131. The topological polar surface area (TPSA) is 44.5 Å². The van der Waals surface area contributed by atoms with Gasteiger partial charge in [0.25, 0.3) is 0 Å². The van der Waals surface area contributed by atoms with Crippen molar-refractivity contribution >= 4 is 12.0 Å². The van der Waals surface area contributed by atoms with E-state index >= 15 is 0 Å². The summed E-state index contributed by atoms with van der Waals surface area (Å²) >= 11 is 1.46. The van der Waals surface area contributed by atoms with Crippen molar-refractivity contribution in [1.82, 2.24) is 0 Å². The number of methoxy groups -OCH3 is 1. The molecule has 0 amide bonds. The fourth-order valence-corrected chi connectivity index (χ4v) is 2.38. The molecule has 1 aliphatic heterocycles. The summed E-state index contributed by atoms with van der Waals surface area (Å²) < 4.78 is 10.8. The molecule has 1 aliphatic rings. The summed E-state index contributed by atoms with van der Waals surface area (Å²) in [5, 5.41) is 0. The average Bonchev–Trinajstić information content (AvgIpc) is 2.62. The molecule has 0 bridgehead atoms. The first-order valence-electron chi connectivity index (χ1n) is 4.95. The van der Waals surface area contributed by atoms with Crippen LogP contribution >= 0.6 is 12.0 Å². The van der Waals surface area contributed by atoms with E-state index < -0.39 is 0 Å². The molecule has 0 saturated heterocycles. The molecule has 1 unspecified atom stereocenters. The van der Waals surface area contributed by atoms with Gasteiger partial charge in [0.2, 0.25) is 0 Å². The van der Waals surface area contributed by atoms with E-state index in [2.05, 4.69) is 0 Å². The molecule has 0 aliphatic carbocycles. The Morgan fingerprint density at radius 1 is 1.60 bits per heavy atom. The number of hydrogen-bond acceptors (Lipinski definition) is 4. The third-order valence-electron chi connectivity index (χ3n) is 2.37. The summed E-state index contributed by atoms with van der Waals surface area (Å²) in [7, 11) is 1.69. The first-order valence-corrected chi connectivity index (χ1v) is 5.86. The Morgan fingerprint density at radius 2 is 2.40 bits per heavy atom. The maximum Gasteiger partial charge on any atom is 0.142 e. The Hall–Kier alpha value is -0.870. The van der Waals surface area contributed by atoms with Crippen LogP contribution in [0.1, 0.15) is 18.1 Å². The van der Waals surface area contributed by atoms with Gasteiger partial charge in [0.15, 0.2) is 0 Å². The van der Waals surface area contributed by atoms with Crippen LogP contribution in [0.5, 0.6) is 11.5 Å². The Kier molecular flexibility index (Phi) is 3.07. The van der Waals surface area contributed by atoms with E-state index in [-0.39, 0.29) is 6.04 Å². The molecule has 1 heterocycles. The summed E-state index contributed by atoms with van der Waals surface area (Å²) in [6, 6.07) is 4.22. The number of fused-ring (bicyclic) bond motifs is 1. The van der Waals surface area contributed by atoms with E-state index in [4.69, 9.17) is 14.7 Å². The Balaban J connectivity index is 2.35. The quantitative estimate of drug-likeness (QED) is 0.800. The minimum absolute atomic E-state index is 0.131. The lowest BCUT2D eigenvalue weighted by atomic mass is 10.0. The number of rotatable bonds is 3. The molecule has 0 radical (unpaired) electrons. The van der Waals surface area contributed by atoms with Crippen molar-refractivity contribution in [2.45, 2.75) is 25.1 Å². The van der Waals surface area contributed by atoms with Gasteiger partial charge in [-0.2, -0.15) is 0 Å². The van der Waals surface area contributed by atoms with E-state index in [9.17, 15) is 0 Å². The smallest absolute Gasteiger partial charge is 0.142 e. The predicted molar refractivity (Wildman–Crippen MR) is 62.3 cm³/mol. The van der Waals surface area contributed by atoms with Crippen molar-refractivity contribution in [1.29, 1.82) is 0 Å². The van der Waals surface area contributed by atoms with Gasteiger partial charge in [-0.1, -0.05) is 0 Å². The zero-order valence-electron chi connectivity index (χ0n) is 8.95. The molecular formula is C11H15NO2S. The Labute approximate surface area is 94.1 Å². The average molecular weight is 225 g/mol. The first-order chi connectivity index (χ1) is 7.20. The van der Waals surface area contributed by atoms with E-state index in [1.54, 1.807) is 7.11 Å². The van der Waals surface area contributed by atoms with E-state index in [1.807, 2.05) is 19.1 Å². The molecule has 1 atom stereocenters. The standard InChI is InChI=1S/C11H15NO2S/c1-7(12)3-8-4-11-9(6-15-14-11)5-10(8)13-2/h4-5,7H,3,6,12H2,1-2H3. The minimum Gasteiger partial charge on any atom is -0.496 e. The second-order valence-corrected chi connectivity index (χ2v) is 4.49. The fourth-order valence-electron chi connectivity index (χ4n) is 1.69. The molecule has 2 rings (SSSR count). The highest BCUT2D eigenvalue weighted by molar-refractivity contribution is 7.94. The van der Waals surface area contributed by atoms with Crippen molar-refractivity contribution in [2.75, 3.05) is 7.11 Å². The zero-order valence-corrected chi connectivity index (χ0v) is 9.76. The third-order valence-corrected chi connectivity index (χ3v) is 3.09. The van der Waals surface area contributed by atoms with Crippen molar-refractivity contribution in [2.24, 2.45) is 5.73 Å². The molecule has 15 heavy (non-hydrogen) atoms. The van der Waals surface area contributed by atoms with E-state index in [0.29, 0.717) is 0 Å².